The SMILES string of the molecule is [B]C(C#N)NC(=O)c1cccc(C2(C)C=C(C3=CC(CNC4CCOCC4)=CC=C=C3)ON2)c1. The summed E-state index contributed by atoms with van der Waals surface area (Å²) in [6.07, 6.45) is 12.0. The van der Waals surface area contributed by atoms with Crippen molar-refractivity contribution >= 4 is 13.8 Å². The van der Waals surface area contributed by atoms with Crippen LogP contribution in [-0.2, 0) is 15.1 Å². The molecule has 34 heavy (non-hydrogen) atoms. The molecule has 1 amide bonds. The molecule has 172 valence electrons. The highest BCUT2D eigenvalue weighted by molar-refractivity contribution is 6.15. The maximum Gasteiger partial charge on any atom is 0.251 e. The van der Waals surface area contributed by atoms with Crippen molar-refractivity contribution in [1.82, 2.24) is 16.1 Å². The molecular weight excluding hydrogens is 427 g/mol. The van der Waals surface area contributed by atoms with Gasteiger partial charge in [-0.15, -0.1) is 11.2 Å². The molecule has 1 aliphatic carbocycles. The fraction of sp³-hybridized carbons (Fsp3) is 0.346. The molecule has 0 bridgehead atoms. The highest BCUT2D eigenvalue weighted by Crippen LogP contribution is 2.33. The molecular formula is C26H27BN4O3. The summed E-state index contributed by atoms with van der Waals surface area (Å²) in [6, 6.07) is 9.40. The Morgan fingerprint density at radius 1 is 1.41 bits per heavy atom. The van der Waals surface area contributed by atoms with Crippen molar-refractivity contribution in [3.05, 3.63) is 88.4 Å². The topological polar surface area (TPSA) is 95.4 Å². The van der Waals surface area contributed by atoms with Gasteiger partial charge in [0.15, 0.2) is 5.76 Å². The lowest BCUT2D eigenvalue weighted by atomic mass is 9.90. The van der Waals surface area contributed by atoms with Crippen LogP contribution < -0.4 is 16.1 Å². The van der Waals surface area contributed by atoms with E-state index in [1.165, 1.54) is 0 Å². The number of hydrogen-bond donors (Lipinski definition) is 3. The fourth-order valence-corrected chi connectivity index (χ4v) is 4.01. The lowest BCUT2D eigenvalue weighted by molar-refractivity contribution is 0.0788. The van der Waals surface area contributed by atoms with Crippen molar-refractivity contribution in [3.63, 3.8) is 0 Å². The van der Waals surface area contributed by atoms with Crippen LogP contribution in [0.5, 0.6) is 0 Å². The number of carbonyl (C=O) groups excluding carboxylic acids is 1. The highest BCUT2D eigenvalue weighted by Gasteiger charge is 2.33. The molecule has 2 unspecified atom stereocenters. The van der Waals surface area contributed by atoms with Crippen LogP contribution in [0.1, 0.15) is 35.7 Å². The number of nitrogens with zero attached hydrogens (tertiary/aromatic N) is 1. The van der Waals surface area contributed by atoms with Crippen LogP contribution in [0.15, 0.2) is 77.3 Å². The highest BCUT2D eigenvalue weighted by atomic mass is 16.7. The van der Waals surface area contributed by atoms with Gasteiger partial charge in [-0.3, -0.25) is 4.79 Å². The Morgan fingerprint density at radius 2 is 2.24 bits per heavy atom. The fourth-order valence-electron chi connectivity index (χ4n) is 4.01. The van der Waals surface area contributed by atoms with E-state index in [0.717, 1.165) is 49.3 Å². The van der Waals surface area contributed by atoms with Crippen LogP contribution in [0.3, 0.4) is 0 Å². The van der Waals surface area contributed by atoms with Crippen molar-refractivity contribution in [2.45, 2.75) is 37.3 Å². The zero-order chi connectivity index (χ0) is 24.0. The van der Waals surface area contributed by atoms with Gasteiger partial charge in [0.05, 0.1) is 17.5 Å². The van der Waals surface area contributed by atoms with E-state index in [1.807, 2.05) is 37.3 Å². The summed E-state index contributed by atoms with van der Waals surface area (Å²) < 4.78 is 5.44. The lowest BCUT2D eigenvalue weighted by Gasteiger charge is -2.23. The Kier molecular flexibility index (Phi) is 7.51. The first-order chi connectivity index (χ1) is 16.5. The van der Waals surface area contributed by atoms with E-state index in [-0.39, 0.29) is 0 Å². The molecule has 1 fully saturated rings. The molecule has 0 saturated carbocycles. The summed E-state index contributed by atoms with van der Waals surface area (Å²) in [5.41, 5.74) is 8.89. The van der Waals surface area contributed by atoms with Crippen molar-refractivity contribution in [2.75, 3.05) is 19.8 Å². The van der Waals surface area contributed by atoms with Gasteiger partial charge in [0.2, 0.25) is 0 Å². The lowest BCUT2D eigenvalue weighted by Crippen LogP contribution is -2.35. The Bertz CT molecular complexity index is 1140. The van der Waals surface area contributed by atoms with Gasteiger partial charge in [-0.25, -0.2) is 0 Å². The number of benzene rings is 1. The molecule has 2 heterocycles. The largest absolute Gasteiger partial charge is 0.407 e. The predicted molar refractivity (Wildman–Crippen MR) is 129 cm³/mol. The number of carbonyl (C=O) groups is 1. The molecule has 0 spiro atoms. The monoisotopic (exact) mass is 454 g/mol. The standard InChI is InChI=1S/C26H27BN4O3/c1-26(21-8-4-7-20(14-21)25(32)30-24(27)16-28)15-23(34-31-26)19-6-3-2-5-18(13-19)17-29-22-9-11-33-12-10-22/h2,4-8,13-15,22,24,29,31H,9-12,17H2,1H3,(H,30,32). The number of amides is 1. The van der Waals surface area contributed by atoms with Gasteiger partial charge < -0.3 is 20.2 Å². The van der Waals surface area contributed by atoms with Gasteiger partial charge in [-0.2, -0.15) is 5.26 Å². The minimum absolute atomic E-state index is 0.408. The van der Waals surface area contributed by atoms with Crippen LogP contribution in [0, 0.1) is 11.3 Å². The quantitative estimate of drug-likeness (QED) is 0.433. The molecule has 0 aromatic heterocycles. The number of ether oxygens (including phenoxy) is 1. The average Bonchev–Trinajstić information content (AvgIpc) is 3.12. The Hall–Kier alpha value is -3.34. The van der Waals surface area contributed by atoms with Crippen molar-refractivity contribution in [1.29, 1.82) is 5.26 Å². The predicted octanol–water partition coefficient (Wildman–Crippen LogP) is 2.41. The van der Waals surface area contributed by atoms with E-state index in [9.17, 15) is 4.79 Å². The van der Waals surface area contributed by atoms with E-state index in [4.69, 9.17) is 22.7 Å². The van der Waals surface area contributed by atoms with Gasteiger partial charge in [-0.05, 0) is 73.4 Å². The van der Waals surface area contributed by atoms with Crippen molar-refractivity contribution in [3.8, 4) is 6.07 Å². The van der Waals surface area contributed by atoms with Crippen LogP contribution in [0.25, 0.3) is 0 Å². The summed E-state index contributed by atoms with van der Waals surface area (Å²) in [5, 5.41) is 14.9. The van der Waals surface area contributed by atoms with E-state index in [0.29, 0.717) is 17.4 Å². The molecule has 3 N–H and O–H groups in total. The van der Waals surface area contributed by atoms with Crippen molar-refractivity contribution < 1.29 is 14.4 Å². The molecule has 1 aromatic carbocycles. The average molecular weight is 454 g/mol. The summed E-state index contributed by atoms with van der Waals surface area (Å²) in [5.74, 6) is -0.783. The summed E-state index contributed by atoms with van der Waals surface area (Å²) in [7, 11) is 5.52. The number of hydroxylamine groups is 1. The normalized spacial score (nSPS) is 23.1. The third kappa shape index (κ3) is 5.77. The molecule has 1 saturated heterocycles. The summed E-state index contributed by atoms with van der Waals surface area (Å²) >= 11 is 0. The molecule has 2 aliphatic heterocycles. The number of allylic oxidation sites excluding steroid dienone is 2. The molecule has 4 rings (SSSR count). The summed E-state index contributed by atoms with van der Waals surface area (Å²) in [6.45, 7) is 4.33. The van der Waals surface area contributed by atoms with Gasteiger partial charge in [-0.1, -0.05) is 12.1 Å². The Balaban J connectivity index is 1.49. The first kappa shape index (κ1) is 23.8. The van der Waals surface area contributed by atoms with Crippen LogP contribution in [0.4, 0.5) is 0 Å². The third-order valence-electron chi connectivity index (χ3n) is 6.02. The minimum atomic E-state index is -1.06. The van der Waals surface area contributed by atoms with Gasteiger partial charge in [0, 0.05) is 36.9 Å². The molecule has 8 heteroatoms. The zero-order valence-corrected chi connectivity index (χ0v) is 19.1. The number of hydrogen-bond acceptors (Lipinski definition) is 6. The maximum atomic E-state index is 12.4. The second-order valence-corrected chi connectivity index (χ2v) is 8.66. The van der Waals surface area contributed by atoms with E-state index in [2.05, 4.69) is 27.9 Å². The Labute approximate surface area is 201 Å². The van der Waals surface area contributed by atoms with Gasteiger partial charge in [0.25, 0.3) is 5.91 Å². The Morgan fingerprint density at radius 3 is 3.03 bits per heavy atom. The van der Waals surface area contributed by atoms with Crippen LogP contribution >= 0.6 is 0 Å². The number of nitrogens with one attached hydrogen (secondary N) is 3. The van der Waals surface area contributed by atoms with Crippen LogP contribution in [0.2, 0.25) is 0 Å². The number of nitriles is 1. The number of rotatable bonds is 7. The van der Waals surface area contributed by atoms with E-state index in [1.54, 1.807) is 24.3 Å². The molecule has 7 nitrogen and oxygen atoms in total. The first-order valence-electron chi connectivity index (χ1n) is 11.4. The molecule has 2 radical (unpaired) electrons. The minimum Gasteiger partial charge on any atom is -0.407 e. The second-order valence-electron chi connectivity index (χ2n) is 8.66. The van der Waals surface area contributed by atoms with Gasteiger partial charge >= 0.3 is 0 Å². The maximum absolute atomic E-state index is 12.4. The first-order valence-corrected chi connectivity index (χ1v) is 11.4. The molecule has 2 atom stereocenters. The zero-order valence-electron chi connectivity index (χ0n) is 19.1. The summed E-state index contributed by atoms with van der Waals surface area (Å²) in [4.78, 5) is 18.3. The smallest absolute Gasteiger partial charge is 0.251 e. The van der Waals surface area contributed by atoms with Gasteiger partial charge in [0.1, 0.15) is 7.85 Å². The second kappa shape index (κ2) is 10.7. The van der Waals surface area contributed by atoms with E-state index >= 15 is 0 Å². The van der Waals surface area contributed by atoms with E-state index < -0.39 is 17.4 Å². The van der Waals surface area contributed by atoms with Crippen molar-refractivity contribution in [2.24, 2.45) is 0 Å². The molecule has 3 aliphatic rings. The third-order valence-corrected chi connectivity index (χ3v) is 6.02. The van der Waals surface area contributed by atoms with Crippen LogP contribution in [-0.4, -0.2) is 45.5 Å². The molecule has 1 aromatic rings.